The quantitative estimate of drug-likeness (QED) is 0.639. The number of guanidine groups is 2. The van der Waals surface area contributed by atoms with E-state index in [2.05, 4.69) is 79.0 Å². The molecule has 0 unspecified atom stereocenters. The molecule has 5 heterocycles. The first-order valence-electron chi connectivity index (χ1n) is 12.9. The van der Waals surface area contributed by atoms with Crippen LogP contribution in [0.25, 0.3) is 5.70 Å². The predicted molar refractivity (Wildman–Crippen MR) is 153 cm³/mol. The average Bonchev–Trinajstić information content (AvgIpc) is 2.86. The third-order valence-electron chi connectivity index (χ3n) is 7.55. The molecule has 186 valence electrons. The topological polar surface area (TPSA) is 83.2 Å². The Morgan fingerprint density at radius 1 is 0.730 bits per heavy atom. The molecule has 0 amide bonds. The van der Waals surface area contributed by atoms with Crippen LogP contribution < -0.4 is 20.4 Å². The summed E-state index contributed by atoms with van der Waals surface area (Å²) in [5.41, 5.74) is 9.32. The van der Waals surface area contributed by atoms with E-state index in [1.807, 2.05) is 19.0 Å². The number of anilines is 4. The van der Waals surface area contributed by atoms with E-state index in [0.29, 0.717) is 11.9 Å². The number of nitrogens with zero attached hydrogens (tertiary/aromatic N) is 7. The van der Waals surface area contributed by atoms with Crippen LogP contribution in [0.5, 0.6) is 0 Å². The lowest BCUT2D eigenvalue weighted by atomic mass is 10.0. The summed E-state index contributed by atoms with van der Waals surface area (Å²) in [6.07, 6.45) is 8.24. The molecule has 9 nitrogen and oxygen atoms in total. The lowest BCUT2D eigenvalue weighted by Crippen LogP contribution is -2.40. The van der Waals surface area contributed by atoms with Gasteiger partial charge in [0.15, 0.2) is 0 Å². The van der Waals surface area contributed by atoms with Crippen LogP contribution in [0, 0.1) is 0 Å². The van der Waals surface area contributed by atoms with E-state index in [4.69, 9.17) is 9.98 Å². The summed E-state index contributed by atoms with van der Waals surface area (Å²) in [5.74, 6) is 1.15. The Labute approximate surface area is 216 Å². The highest BCUT2D eigenvalue weighted by molar-refractivity contribution is 6.24. The number of aliphatic imine (C=N–C) groups is 4. The van der Waals surface area contributed by atoms with Crippen LogP contribution in [0.2, 0.25) is 0 Å². The third kappa shape index (κ3) is 3.61. The number of benzene rings is 2. The van der Waals surface area contributed by atoms with E-state index >= 15 is 0 Å². The Morgan fingerprint density at radius 3 is 2.00 bits per heavy atom. The molecule has 9 heteroatoms. The van der Waals surface area contributed by atoms with E-state index in [-0.39, 0.29) is 0 Å². The van der Waals surface area contributed by atoms with E-state index in [9.17, 15) is 0 Å². The van der Waals surface area contributed by atoms with Gasteiger partial charge in [-0.3, -0.25) is 0 Å². The van der Waals surface area contributed by atoms with Gasteiger partial charge in [0.2, 0.25) is 11.9 Å². The summed E-state index contributed by atoms with van der Waals surface area (Å²) in [6, 6.07) is 13.1. The van der Waals surface area contributed by atoms with E-state index in [0.717, 1.165) is 65.8 Å². The van der Waals surface area contributed by atoms with Gasteiger partial charge < -0.3 is 20.4 Å². The van der Waals surface area contributed by atoms with Crippen LogP contribution in [-0.2, 0) is 0 Å². The van der Waals surface area contributed by atoms with E-state index in [1.54, 1.807) is 0 Å². The minimum absolute atomic E-state index is 0.576. The minimum Gasteiger partial charge on any atom is -0.388 e. The van der Waals surface area contributed by atoms with Crippen LogP contribution in [0.1, 0.15) is 24.0 Å². The molecule has 0 atom stereocenters. The zero-order chi connectivity index (χ0) is 24.9. The van der Waals surface area contributed by atoms with Crippen molar-refractivity contribution in [2.24, 2.45) is 20.0 Å². The fourth-order valence-electron chi connectivity index (χ4n) is 5.20. The molecule has 0 aliphatic carbocycles. The maximum absolute atomic E-state index is 4.90. The highest BCUT2D eigenvalue weighted by Crippen LogP contribution is 2.36. The molecule has 0 aromatic heterocycles. The zero-order valence-corrected chi connectivity index (χ0v) is 21.1. The summed E-state index contributed by atoms with van der Waals surface area (Å²) in [6.45, 7) is 4.45. The molecule has 5 aliphatic heterocycles. The van der Waals surface area contributed by atoms with Gasteiger partial charge >= 0.3 is 0 Å². The lowest BCUT2D eigenvalue weighted by molar-refractivity contribution is 0.618. The van der Waals surface area contributed by atoms with Crippen LogP contribution >= 0.6 is 0 Å². The third-order valence-corrected chi connectivity index (χ3v) is 7.55. The second-order valence-corrected chi connectivity index (χ2v) is 9.66. The molecule has 2 aromatic rings. The molecule has 0 radical (unpaired) electrons. The molecule has 2 saturated heterocycles. The van der Waals surface area contributed by atoms with Crippen molar-refractivity contribution in [3.8, 4) is 0 Å². The normalized spacial score (nSPS) is 19.5. The Balaban J connectivity index is 1.29. The van der Waals surface area contributed by atoms with Crippen molar-refractivity contribution in [2.75, 3.05) is 60.7 Å². The van der Waals surface area contributed by atoms with Crippen molar-refractivity contribution in [3.05, 3.63) is 65.4 Å². The van der Waals surface area contributed by atoms with E-state index in [1.165, 1.54) is 30.6 Å². The second kappa shape index (κ2) is 8.62. The maximum Gasteiger partial charge on any atom is 0.239 e. The molecule has 0 saturated carbocycles. The van der Waals surface area contributed by atoms with Crippen molar-refractivity contribution >= 4 is 52.4 Å². The molecule has 37 heavy (non-hydrogen) atoms. The van der Waals surface area contributed by atoms with Crippen molar-refractivity contribution < 1.29 is 0 Å². The van der Waals surface area contributed by atoms with Crippen molar-refractivity contribution in [2.45, 2.75) is 12.8 Å². The second-order valence-electron chi connectivity index (χ2n) is 9.66. The number of hydrogen-bond donors (Lipinski definition) is 2. The summed E-state index contributed by atoms with van der Waals surface area (Å²) in [7, 11) is 3.91. The lowest BCUT2D eigenvalue weighted by Gasteiger charge is -2.34. The van der Waals surface area contributed by atoms with Gasteiger partial charge in [-0.2, -0.15) is 0 Å². The first kappa shape index (κ1) is 21.8. The van der Waals surface area contributed by atoms with Crippen molar-refractivity contribution in [1.29, 1.82) is 0 Å². The SMILES string of the molecule is CNc1cc(N2CCC2)ccc1C1=CC2=CC(c3ccc(N4CCC4)cc3NC)=NC3=NC=NC(=N1)N23. The summed E-state index contributed by atoms with van der Waals surface area (Å²) >= 11 is 0. The highest BCUT2D eigenvalue weighted by atomic mass is 15.4. The fourth-order valence-corrected chi connectivity index (χ4v) is 5.20. The van der Waals surface area contributed by atoms with Crippen LogP contribution in [0.15, 0.2) is 74.2 Å². The van der Waals surface area contributed by atoms with Crippen molar-refractivity contribution in [1.82, 2.24) is 4.90 Å². The van der Waals surface area contributed by atoms with Crippen LogP contribution in [0.3, 0.4) is 0 Å². The van der Waals surface area contributed by atoms with Gasteiger partial charge in [0, 0.05) is 74.2 Å². The fraction of sp³-hybridized carbons (Fsp3) is 0.286. The van der Waals surface area contributed by atoms with Gasteiger partial charge in [-0.05, 0) is 61.4 Å². The van der Waals surface area contributed by atoms with Crippen LogP contribution in [-0.4, -0.2) is 69.1 Å². The Hall–Kier alpha value is -4.40. The number of hydrogen-bond acceptors (Lipinski definition) is 9. The number of nitrogens with one attached hydrogen (secondary N) is 2. The zero-order valence-electron chi connectivity index (χ0n) is 21.1. The number of rotatable bonds is 6. The molecule has 2 N–H and O–H groups in total. The Kier molecular flexibility index (Phi) is 5.09. The molecule has 5 aliphatic rings. The van der Waals surface area contributed by atoms with Gasteiger partial charge in [-0.25, -0.2) is 24.9 Å². The minimum atomic E-state index is 0.576. The Bertz CT molecular complexity index is 1400. The monoisotopic (exact) mass is 491 g/mol. The van der Waals surface area contributed by atoms with Gasteiger partial charge in [-0.1, -0.05) is 0 Å². The molecular weight excluding hydrogens is 462 g/mol. The highest BCUT2D eigenvalue weighted by Gasteiger charge is 2.32. The first-order valence-corrected chi connectivity index (χ1v) is 12.9. The summed E-state index contributed by atoms with van der Waals surface area (Å²) < 4.78 is 0. The van der Waals surface area contributed by atoms with Crippen LogP contribution in [0.4, 0.5) is 22.7 Å². The molecular formula is C28H29N9. The average molecular weight is 492 g/mol. The Morgan fingerprint density at radius 2 is 1.38 bits per heavy atom. The van der Waals surface area contributed by atoms with Gasteiger partial charge in [0.1, 0.15) is 6.34 Å². The molecule has 0 spiro atoms. The molecule has 2 fully saturated rings. The molecule has 7 rings (SSSR count). The molecule has 2 aromatic carbocycles. The van der Waals surface area contributed by atoms with E-state index < -0.39 is 0 Å². The largest absolute Gasteiger partial charge is 0.388 e. The van der Waals surface area contributed by atoms with Gasteiger partial charge in [0.05, 0.1) is 17.1 Å². The van der Waals surface area contributed by atoms with Crippen molar-refractivity contribution in [3.63, 3.8) is 0 Å². The molecule has 0 bridgehead atoms. The predicted octanol–water partition coefficient (Wildman–Crippen LogP) is 3.99. The summed E-state index contributed by atoms with van der Waals surface area (Å²) in [5, 5.41) is 6.74. The maximum atomic E-state index is 4.90. The van der Waals surface area contributed by atoms with Gasteiger partial charge in [0.25, 0.3) is 0 Å². The summed E-state index contributed by atoms with van der Waals surface area (Å²) in [4.78, 5) is 25.4. The first-order chi connectivity index (χ1) is 18.2. The standard InChI is InChI=1S/C28H29N9/c1-29-23-13-18(35-9-3-10-35)5-7-21(23)25-15-20-16-26(34-28-32-17-31-27(33-25)37(20)28)22-8-6-19(14-24(22)30-2)36-11-4-12-36/h5-8,13-17,29-30H,3-4,9-12H2,1-2H3. The number of allylic oxidation sites excluding steroid dienone is 2. The smallest absolute Gasteiger partial charge is 0.239 e. The van der Waals surface area contributed by atoms with Gasteiger partial charge in [-0.15, -0.1) is 0 Å².